The highest BCUT2D eigenvalue weighted by Crippen LogP contribution is 2.27. The fourth-order valence-corrected chi connectivity index (χ4v) is 3.22. The third-order valence-corrected chi connectivity index (χ3v) is 4.57. The van der Waals surface area contributed by atoms with Gasteiger partial charge in [-0.05, 0) is 32.0 Å². The number of para-hydroxylation sites is 1. The molecule has 1 aliphatic rings. The van der Waals surface area contributed by atoms with Gasteiger partial charge in [0.1, 0.15) is 5.15 Å². The van der Waals surface area contributed by atoms with E-state index in [4.69, 9.17) is 17.3 Å². The number of aromatic nitrogens is 2. The Morgan fingerprint density at radius 1 is 1.41 bits per heavy atom. The highest BCUT2D eigenvalue weighted by Gasteiger charge is 2.28. The molecule has 1 atom stereocenters. The normalized spacial score (nSPS) is 18.7. The number of carbonyl (C=O) groups is 1. The molecule has 3 rings (SSSR count). The molecule has 1 aromatic heterocycles. The molecule has 2 N–H and O–H groups in total. The Labute approximate surface area is 134 Å². The van der Waals surface area contributed by atoms with E-state index in [1.807, 2.05) is 37.3 Å². The van der Waals surface area contributed by atoms with Crippen LogP contribution in [0.5, 0.6) is 0 Å². The van der Waals surface area contributed by atoms with E-state index in [2.05, 4.69) is 10.00 Å². The number of hydrogen-bond acceptors (Lipinski definition) is 3. The van der Waals surface area contributed by atoms with Crippen LogP contribution in [0.4, 0.5) is 0 Å². The monoisotopic (exact) mass is 318 g/mol. The van der Waals surface area contributed by atoms with Crippen molar-refractivity contribution in [3.63, 3.8) is 0 Å². The summed E-state index contributed by atoms with van der Waals surface area (Å²) in [4.78, 5) is 13.5. The van der Waals surface area contributed by atoms with Crippen LogP contribution in [0.1, 0.15) is 17.7 Å². The molecular weight excluding hydrogens is 300 g/mol. The zero-order valence-corrected chi connectivity index (χ0v) is 13.3. The first-order valence-corrected chi connectivity index (χ1v) is 7.75. The van der Waals surface area contributed by atoms with Gasteiger partial charge in [0.2, 0.25) is 5.91 Å². The van der Waals surface area contributed by atoms with E-state index in [-0.39, 0.29) is 11.8 Å². The van der Waals surface area contributed by atoms with Gasteiger partial charge in [0.25, 0.3) is 0 Å². The maximum absolute atomic E-state index is 11.3. The van der Waals surface area contributed by atoms with E-state index in [9.17, 15) is 4.79 Å². The van der Waals surface area contributed by atoms with Gasteiger partial charge in [-0.2, -0.15) is 5.10 Å². The zero-order valence-electron chi connectivity index (χ0n) is 12.5. The second-order valence-electron chi connectivity index (χ2n) is 5.73. The molecule has 0 saturated carbocycles. The van der Waals surface area contributed by atoms with Gasteiger partial charge in [0.05, 0.1) is 17.3 Å². The fourth-order valence-electron chi connectivity index (χ4n) is 2.88. The molecule has 0 aliphatic carbocycles. The average molecular weight is 319 g/mol. The van der Waals surface area contributed by atoms with E-state index in [1.54, 1.807) is 4.68 Å². The SMILES string of the molecule is Cc1nn(-c2ccccc2)c(Cl)c1CN1CC[C@@H](C(N)=O)C1. The minimum atomic E-state index is -0.217. The van der Waals surface area contributed by atoms with Crippen molar-refractivity contribution in [3.05, 3.63) is 46.7 Å². The minimum absolute atomic E-state index is 0.0525. The number of primary amides is 1. The number of likely N-dealkylation sites (tertiary alicyclic amines) is 1. The number of halogens is 1. The number of hydrogen-bond donors (Lipinski definition) is 1. The summed E-state index contributed by atoms with van der Waals surface area (Å²) in [5, 5.41) is 5.17. The first kappa shape index (κ1) is 15.1. The van der Waals surface area contributed by atoms with E-state index >= 15 is 0 Å². The molecule has 0 radical (unpaired) electrons. The highest BCUT2D eigenvalue weighted by molar-refractivity contribution is 6.30. The van der Waals surface area contributed by atoms with Crippen molar-refractivity contribution in [2.24, 2.45) is 11.7 Å². The topological polar surface area (TPSA) is 64.2 Å². The molecule has 2 aromatic rings. The molecule has 0 spiro atoms. The number of nitrogens with two attached hydrogens (primary N) is 1. The molecule has 2 heterocycles. The Morgan fingerprint density at radius 2 is 2.14 bits per heavy atom. The van der Waals surface area contributed by atoms with Gasteiger partial charge in [0.15, 0.2) is 0 Å². The van der Waals surface area contributed by atoms with Gasteiger partial charge < -0.3 is 5.73 Å². The number of rotatable bonds is 4. The second-order valence-corrected chi connectivity index (χ2v) is 6.08. The van der Waals surface area contributed by atoms with Crippen LogP contribution in [-0.4, -0.2) is 33.7 Å². The quantitative estimate of drug-likeness (QED) is 0.939. The standard InChI is InChI=1S/C16H19ClN4O/c1-11-14(10-20-8-7-12(9-20)16(18)22)15(17)21(19-11)13-5-3-2-4-6-13/h2-6,12H,7-10H2,1H3,(H2,18,22)/t12-/m1/s1. The van der Waals surface area contributed by atoms with Crippen LogP contribution in [0.2, 0.25) is 5.15 Å². The van der Waals surface area contributed by atoms with Crippen LogP contribution in [0.15, 0.2) is 30.3 Å². The first-order chi connectivity index (χ1) is 10.6. The maximum atomic E-state index is 11.3. The van der Waals surface area contributed by atoms with Crippen LogP contribution >= 0.6 is 11.6 Å². The summed E-state index contributed by atoms with van der Waals surface area (Å²) in [5.74, 6) is -0.270. The third-order valence-electron chi connectivity index (χ3n) is 4.18. The van der Waals surface area contributed by atoms with Crippen molar-refractivity contribution < 1.29 is 4.79 Å². The summed E-state index contributed by atoms with van der Waals surface area (Å²) in [5.41, 5.74) is 8.25. The lowest BCUT2D eigenvalue weighted by atomic mass is 10.1. The Hall–Kier alpha value is -1.85. The van der Waals surface area contributed by atoms with Gasteiger partial charge in [-0.15, -0.1) is 0 Å². The molecule has 116 valence electrons. The summed E-state index contributed by atoms with van der Waals surface area (Å²) < 4.78 is 1.76. The van der Waals surface area contributed by atoms with Crippen LogP contribution in [0, 0.1) is 12.8 Å². The maximum Gasteiger partial charge on any atom is 0.221 e. The van der Waals surface area contributed by atoms with Crippen LogP contribution < -0.4 is 5.73 Å². The molecule has 1 aliphatic heterocycles. The predicted molar refractivity (Wildman–Crippen MR) is 85.9 cm³/mol. The smallest absolute Gasteiger partial charge is 0.221 e. The van der Waals surface area contributed by atoms with Gasteiger partial charge in [0, 0.05) is 18.7 Å². The lowest BCUT2D eigenvalue weighted by Crippen LogP contribution is -2.27. The molecule has 6 heteroatoms. The molecule has 1 amide bonds. The molecule has 1 aromatic carbocycles. The Morgan fingerprint density at radius 3 is 2.77 bits per heavy atom. The molecule has 1 fully saturated rings. The van der Waals surface area contributed by atoms with E-state index in [1.165, 1.54) is 0 Å². The van der Waals surface area contributed by atoms with Crippen LogP contribution in [-0.2, 0) is 11.3 Å². The van der Waals surface area contributed by atoms with Gasteiger partial charge in [-0.25, -0.2) is 4.68 Å². The molecule has 0 unspecified atom stereocenters. The Bertz CT molecular complexity index is 683. The molecule has 1 saturated heterocycles. The Kier molecular flexibility index (Phi) is 4.18. The first-order valence-electron chi connectivity index (χ1n) is 7.37. The summed E-state index contributed by atoms with van der Waals surface area (Å²) in [6.07, 6.45) is 0.818. The van der Waals surface area contributed by atoms with Crippen molar-refractivity contribution in [1.29, 1.82) is 0 Å². The lowest BCUT2D eigenvalue weighted by molar-refractivity contribution is -0.121. The van der Waals surface area contributed by atoms with Crippen LogP contribution in [0.25, 0.3) is 5.69 Å². The summed E-state index contributed by atoms with van der Waals surface area (Å²) in [7, 11) is 0. The molecule has 0 bridgehead atoms. The molecule has 5 nitrogen and oxygen atoms in total. The fraction of sp³-hybridized carbons (Fsp3) is 0.375. The Balaban J connectivity index is 1.81. The number of carbonyl (C=O) groups excluding carboxylic acids is 1. The van der Waals surface area contributed by atoms with Crippen LogP contribution in [0.3, 0.4) is 0 Å². The number of aryl methyl sites for hydroxylation is 1. The summed E-state index contributed by atoms with van der Waals surface area (Å²) >= 11 is 6.52. The van der Waals surface area contributed by atoms with Gasteiger partial charge in [-0.3, -0.25) is 9.69 Å². The van der Waals surface area contributed by atoms with E-state index < -0.39 is 0 Å². The van der Waals surface area contributed by atoms with Crippen molar-refractivity contribution in [3.8, 4) is 5.69 Å². The minimum Gasteiger partial charge on any atom is -0.369 e. The largest absolute Gasteiger partial charge is 0.369 e. The second kappa shape index (κ2) is 6.10. The number of amides is 1. The third kappa shape index (κ3) is 2.87. The zero-order chi connectivity index (χ0) is 15.7. The van der Waals surface area contributed by atoms with Gasteiger partial charge in [-0.1, -0.05) is 29.8 Å². The summed E-state index contributed by atoms with van der Waals surface area (Å²) in [6, 6.07) is 9.82. The number of benzene rings is 1. The van der Waals surface area contributed by atoms with Crippen molar-refractivity contribution >= 4 is 17.5 Å². The number of nitrogens with zero attached hydrogens (tertiary/aromatic N) is 3. The van der Waals surface area contributed by atoms with Gasteiger partial charge >= 0.3 is 0 Å². The van der Waals surface area contributed by atoms with Crippen molar-refractivity contribution in [1.82, 2.24) is 14.7 Å². The highest BCUT2D eigenvalue weighted by atomic mass is 35.5. The predicted octanol–water partition coefficient (Wildman–Crippen LogP) is 2.14. The molecular formula is C16H19ClN4O. The molecule has 22 heavy (non-hydrogen) atoms. The van der Waals surface area contributed by atoms with Crippen molar-refractivity contribution in [2.75, 3.05) is 13.1 Å². The van der Waals surface area contributed by atoms with E-state index in [0.717, 1.165) is 29.9 Å². The van der Waals surface area contributed by atoms with Crippen molar-refractivity contribution in [2.45, 2.75) is 19.9 Å². The lowest BCUT2D eigenvalue weighted by Gasteiger charge is -2.15. The average Bonchev–Trinajstić information content (AvgIpc) is 3.09. The van der Waals surface area contributed by atoms with E-state index in [0.29, 0.717) is 18.2 Å². The summed E-state index contributed by atoms with van der Waals surface area (Å²) in [6.45, 7) is 4.21.